The van der Waals surface area contributed by atoms with Crippen LogP contribution in [0.15, 0.2) is 36.7 Å². The van der Waals surface area contributed by atoms with Gasteiger partial charge < -0.3 is 0 Å². The Morgan fingerprint density at radius 1 is 1.10 bits per heavy atom. The summed E-state index contributed by atoms with van der Waals surface area (Å²) in [5.41, 5.74) is 4.93. The first-order valence-corrected chi connectivity index (χ1v) is 9.00. The smallest absolute Gasteiger partial charge is 0.295 e. The largest absolute Gasteiger partial charge is 0.417 e. The molecule has 0 saturated carbocycles. The van der Waals surface area contributed by atoms with Crippen molar-refractivity contribution in [3.8, 4) is 5.82 Å². The van der Waals surface area contributed by atoms with Crippen LogP contribution in [0.4, 0.5) is 18.9 Å². The lowest BCUT2D eigenvalue weighted by molar-refractivity contribution is -0.137. The van der Waals surface area contributed by atoms with Crippen molar-refractivity contribution < 1.29 is 18.0 Å². The van der Waals surface area contributed by atoms with Gasteiger partial charge in [0.1, 0.15) is 0 Å². The number of nitrogens with one attached hydrogen (secondary N) is 2. The number of hydrogen-bond donors (Lipinski definition) is 2. The summed E-state index contributed by atoms with van der Waals surface area (Å²) >= 11 is 17.9. The predicted octanol–water partition coefficient (Wildman–Crippen LogP) is 5.31. The number of nitrogens with zero attached hydrogens (tertiary/aromatic N) is 3. The molecule has 0 bridgehead atoms. The fraction of sp³-hybridized carbons (Fsp3) is 0.118. The lowest BCUT2D eigenvalue weighted by atomic mass is 10.2. The van der Waals surface area contributed by atoms with Gasteiger partial charge in [-0.1, -0.05) is 34.8 Å². The van der Waals surface area contributed by atoms with E-state index in [1.165, 1.54) is 23.0 Å². The van der Waals surface area contributed by atoms with E-state index in [4.69, 9.17) is 34.8 Å². The maximum atomic E-state index is 12.7. The molecule has 0 aliphatic rings. The Hall–Kier alpha value is -2.49. The van der Waals surface area contributed by atoms with Gasteiger partial charge in [-0.2, -0.15) is 18.3 Å². The van der Waals surface area contributed by atoms with Crippen LogP contribution in [0.3, 0.4) is 0 Å². The van der Waals surface area contributed by atoms with Crippen molar-refractivity contribution in [3.05, 3.63) is 68.5 Å². The number of rotatable bonds is 4. The van der Waals surface area contributed by atoms with E-state index in [9.17, 15) is 18.0 Å². The molecular formula is C17H11Cl3F3N5O. The monoisotopic (exact) mass is 463 g/mol. The third kappa shape index (κ3) is 4.58. The molecule has 2 N–H and O–H groups in total. The lowest BCUT2D eigenvalue weighted by Gasteiger charge is -2.12. The minimum Gasteiger partial charge on any atom is -0.295 e. The Balaban J connectivity index is 1.78. The number of carbonyl (C=O) groups is 1. The maximum Gasteiger partial charge on any atom is 0.417 e. The van der Waals surface area contributed by atoms with Gasteiger partial charge in [0, 0.05) is 11.2 Å². The number of carbonyl (C=O) groups excluding carboxylic acids is 1. The molecule has 1 aromatic carbocycles. The predicted molar refractivity (Wildman–Crippen MR) is 104 cm³/mol. The highest BCUT2D eigenvalue weighted by Crippen LogP contribution is 2.33. The van der Waals surface area contributed by atoms with E-state index in [0.29, 0.717) is 16.9 Å². The maximum absolute atomic E-state index is 12.7. The second kappa shape index (κ2) is 8.10. The summed E-state index contributed by atoms with van der Waals surface area (Å²) in [7, 11) is 0. The Morgan fingerprint density at radius 3 is 2.31 bits per heavy atom. The van der Waals surface area contributed by atoms with Gasteiger partial charge in [-0.05, 0) is 31.2 Å². The zero-order valence-electron chi connectivity index (χ0n) is 14.5. The van der Waals surface area contributed by atoms with E-state index >= 15 is 0 Å². The summed E-state index contributed by atoms with van der Waals surface area (Å²) in [5, 5.41) is 4.74. The van der Waals surface area contributed by atoms with Crippen LogP contribution < -0.4 is 10.9 Å². The molecule has 6 nitrogen and oxygen atoms in total. The molecule has 0 aliphatic carbocycles. The number of anilines is 1. The molecule has 2 heterocycles. The Labute approximate surface area is 177 Å². The molecule has 12 heteroatoms. The highest BCUT2D eigenvalue weighted by molar-refractivity contribution is 6.41. The van der Waals surface area contributed by atoms with Crippen molar-refractivity contribution in [1.29, 1.82) is 0 Å². The van der Waals surface area contributed by atoms with Gasteiger partial charge in [-0.3, -0.25) is 15.6 Å². The summed E-state index contributed by atoms with van der Waals surface area (Å²) in [5.74, 6) is -0.436. The fourth-order valence-corrected chi connectivity index (χ4v) is 3.30. The molecule has 0 fully saturated rings. The van der Waals surface area contributed by atoms with E-state index in [1.54, 1.807) is 6.92 Å². The number of alkyl halides is 3. The molecule has 0 unspecified atom stereocenters. The summed E-state index contributed by atoms with van der Waals surface area (Å²) in [6.45, 7) is 1.57. The molecule has 3 rings (SSSR count). The van der Waals surface area contributed by atoms with Crippen LogP contribution in [-0.4, -0.2) is 20.7 Å². The SMILES string of the molecule is Cc1c(C(=O)NNc2c(Cl)cc(Cl)cc2Cl)cnn1-c1ccc(C(F)(F)F)cn1. The van der Waals surface area contributed by atoms with Gasteiger partial charge in [0.15, 0.2) is 5.82 Å². The first kappa shape index (κ1) is 21.2. The van der Waals surface area contributed by atoms with Crippen LogP contribution in [0.2, 0.25) is 15.1 Å². The Kier molecular flexibility index (Phi) is 5.92. The van der Waals surface area contributed by atoms with E-state index in [1.807, 2.05) is 0 Å². The number of benzene rings is 1. The molecule has 29 heavy (non-hydrogen) atoms. The number of hydrogen-bond acceptors (Lipinski definition) is 4. The third-order valence-corrected chi connectivity index (χ3v) is 4.67. The molecule has 2 aromatic heterocycles. The zero-order chi connectivity index (χ0) is 21.3. The average Bonchev–Trinajstić information content (AvgIpc) is 3.01. The average molecular weight is 465 g/mol. The topological polar surface area (TPSA) is 71.8 Å². The van der Waals surface area contributed by atoms with E-state index in [0.717, 1.165) is 12.1 Å². The minimum absolute atomic E-state index is 0.131. The highest BCUT2D eigenvalue weighted by atomic mass is 35.5. The first-order valence-electron chi connectivity index (χ1n) is 7.87. The normalized spacial score (nSPS) is 11.4. The van der Waals surface area contributed by atoms with Gasteiger partial charge in [-0.15, -0.1) is 0 Å². The van der Waals surface area contributed by atoms with Crippen molar-refractivity contribution in [2.45, 2.75) is 13.1 Å². The van der Waals surface area contributed by atoms with Gasteiger partial charge in [0.25, 0.3) is 5.91 Å². The van der Waals surface area contributed by atoms with Crippen molar-refractivity contribution in [2.75, 3.05) is 5.43 Å². The number of pyridine rings is 1. The van der Waals surface area contributed by atoms with Gasteiger partial charge >= 0.3 is 6.18 Å². The number of aromatic nitrogens is 3. The molecule has 0 atom stereocenters. The standard InChI is InChI=1S/C17H11Cl3F3N5O/c1-8-11(16(29)27-26-15-12(19)4-10(18)5-13(15)20)7-25-28(8)14-3-2-9(6-24-14)17(21,22)23/h2-7,26H,1H3,(H,27,29). The highest BCUT2D eigenvalue weighted by Gasteiger charge is 2.30. The second-order valence-corrected chi connectivity index (χ2v) is 7.03. The number of halogens is 6. The lowest BCUT2D eigenvalue weighted by Crippen LogP contribution is -2.30. The molecule has 1 amide bonds. The molecular weight excluding hydrogens is 454 g/mol. The summed E-state index contributed by atoms with van der Waals surface area (Å²) < 4.78 is 39.2. The molecule has 0 aliphatic heterocycles. The van der Waals surface area contributed by atoms with Crippen molar-refractivity contribution >= 4 is 46.4 Å². The van der Waals surface area contributed by atoms with Gasteiger partial charge in [0.05, 0.1) is 38.8 Å². The molecule has 3 aromatic rings. The van der Waals surface area contributed by atoms with Crippen molar-refractivity contribution in [1.82, 2.24) is 20.2 Å². The summed E-state index contributed by atoms with van der Waals surface area (Å²) in [6, 6.07) is 4.94. The fourth-order valence-electron chi connectivity index (χ4n) is 2.39. The molecule has 152 valence electrons. The van der Waals surface area contributed by atoms with Crippen LogP contribution in [0.5, 0.6) is 0 Å². The van der Waals surface area contributed by atoms with Gasteiger partial charge in [-0.25, -0.2) is 9.67 Å². The molecule has 0 radical (unpaired) electrons. The van der Waals surface area contributed by atoms with Crippen LogP contribution in [0.1, 0.15) is 21.6 Å². The molecule has 0 saturated heterocycles. The zero-order valence-corrected chi connectivity index (χ0v) is 16.7. The first-order chi connectivity index (χ1) is 13.6. The number of hydrazine groups is 1. The summed E-state index contributed by atoms with van der Waals surface area (Å²) in [6.07, 6.45) is -2.54. The van der Waals surface area contributed by atoms with E-state index in [2.05, 4.69) is 20.9 Å². The third-order valence-electron chi connectivity index (χ3n) is 3.85. The van der Waals surface area contributed by atoms with E-state index < -0.39 is 17.6 Å². The summed E-state index contributed by atoms with van der Waals surface area (Å²) in [4.78, 5) is 16.2. The molecule has 0 spiro atoms. The van der Waals surface area contributed by atoms with Gasteiger partial charge in [0.2, 0.25) is 0 Å². The van der Waals surface area contributed by atoms with Crippen molar-refractivity contribution in [3.63, 3.8) is 0 Å². The second-order valence-electron chi connectivity index (χ2n) is 5.78. The van der Waals surface area contributed by atoms with Crippen LogP contribution in [0, 0.1) is 6.92 Å². The Bertz CT molecular complexity index is 1040. The Morgan fingerprint density at radius 2 is 1.76 bits per heavy atom. The quantitative estimate of drug-likeness (QED) is 0.513. The van der Waals surface area contributed by atoms with E-state index in [-0.39, 0.29) is 27.1 Å². The van der Waals surface area contributed by atoms with Crippen LogP contribution in [-0.2, 0) is 6.18 Å². The minimum atomic E-state index is -4.49. The van der Waals surface area contributed by atoms with Crippen molar-refractivity contribution in [2.24, 2.45) is 0 Å². The number of amides is 1. The van der Waals surface area contributed by atoms with Crippen LogP contribution in [0.25, 0.3) is 5.82 Å². The van der Waals surface area contributed by atoms with Crippen LogP contribution >= 0.6 is 34.8 Å².